The SMILES string of the molecule is CCc1cc(C(=O)NCCCCCCCl)n(CC)n1. The van der Waals surface area contributed by atoms with Crippen LogP contribution in [0.25, 0.3) is 0 Å². The van der Waals surface area contributed by atoms with Crippen LogP contribution in [0.5, 0.6) is 0 Å². The van der Waals surface area contributed by atoms with Gasteiger partial charge in [0.2, 0.25) is 0 Å². The van der Waals surface area contributed by atoms with E-state index in [-0.39, 0.29) is 5.91 Å². The highest BCUT2D eigenvalue weighted by Crippen LogP contribution is 2.06. The summed E-state index contributed by atoms with van der Waals surface area (Å²) in [6.07, 6.45) is 5.15. The molecule has 0 fully saturated rings. The quantitative estimate of drug-likeness (QED) is 0.560. The molecule has 0 radical (unpaired) electrons. The van der Waals surface area contributed by atoms with Gasteiger partial charge < -0.3 is 5.32 Å². The molecule has 0 aliphatic rings. The van der Waals surface area contributed by atoms with Crippen LogP contribution < -0.4 is 5.32 Å². The second-order valence-corrected chi connectivity index (χ2v) is 4.93. The molecule has 0 unspecified atom stereocenters. The number of rotatable bonds is 9. The molecule has 1 rings (SSSR count). The molecule has 0 atom stereocenters. The lowest BCUT2D eigenvalue weighted by Gasteiger charge is -2.06. The molecule has 1 amide bonds. The van der Waals surface area contributed by atoms with Gasteiger partial charge in [-0.05, 0) is 32.3 Å². The molecule has 0 saturated heterocycles. The van der Waals surface area contributed by atoms with Crippen LogP contribution in [0, 0.1) is 0 Å². The third kappa shape index (κ3) is 5.23. The first kappa shape index (κ1) is 16.0. The maximum absolute atomic E-state index is 12.0. The smallest absolute Gasteiger partial charge is 0.269 e. The van der Waals surface area contributed by atoms with Gasteiger partial charge in [0.05, 0.1) is 5.69 Å². The number of carbonyl (C=O) groups excluding carboxylic acids is 1. The number of halogens is 1. The zero-order valence-electron chi connectivity index (χ0n) is 11.9. The summed E-state index contributed by atoms with van der Waals surface area (Å²) >= 11 is 5.61. The van der Waals surface area contributed by atoms with Gasteiger partial charge in [-0.15, -0.1) is 11.6 Å². The highest BCUT2D eigenvalue weighted by Gasteiger charge is 2.12. The van der Waals surface area contributed by atoms with Gasteiger partial charge in [0.1, 0.15) is 5.69 Å². The van der Waals surface area contributed by atoms with E-state index in [2.05, 4.69) is 10.4 Å². The molecule has 5 heteroatoms. The summed E-state index contributed by atoms with van der Waals surface area (Å²) in [5.41, 5.74) is 1.63. The number of unbranched alkanes of at least 4 members (excludes halogenated alkanes) is 3. The van der Waals surface area contributed by atoms with E-state index in [4.69, 9.17) is 11.6 Å². The Labute approximate surface area is 120 Å². The van der Waals surface area contributed by atoms with E-state index in [1.807, 2.05) is 19.9 Å². The van der Waals surface area contributed by atoms with Crippen LogP contribution in [-0.2, 0) is 13.0 Å². The van der Waals surface area contributed by atoms with E-state index in [0.29, 0.717) is 5.69 Å². The minimum Gasteiger partial charge on any atom is -0.351 e. The predicted octanol–water partition coefficient (Wildman–Crippen LogP) is 2.99. The monoisotopic (exact) mass is 285 g/mol. The van der Waals surface area contributed by atoms with Crippen molar-refractivity contribution in [3.8, 4) is 0 Å². The second kappa shape index (κ2) is 8.97. The van der Waals surface area contributed by atoms with E-state index >= 15 is 0 Å². The highest BCUT2D eigenvalue weighted by atomic mass is 35.5. The Bertz CT molecular complexity index is 390. The van der Waals surface area contributed by atoms with Crippen LogP contribution in [-0.4, -0.2) is 28.1 Å². The number of amides is 1. The lowest BCUT2D eigenvalue weighted by Crippen LogP contribution is -2.27. The van der Waals surface area contributed by atoms with Gasteiger partial charge in [0, 0.05) is 19.0 Å². The molecular weight excluding hydrogens is 262 g/mol. The number of nitrogens with zero attached hydrogens (tertiary/aromatic N) is 2. The predicted molar refractivity (Wildman–Crippen MR) is 78.8 cm³/mol. The van der Waals surface area contributed by atoms with Crippen molar-refractivity contribution in [2.24, 2.45) is 0 Å². The first-order valence-electron chi connectivity index (χ1n) is 7.13. The second-order valence-electron chi connectivity index (χ2n) is 4.55. The Kier molecular flexibility index (Phi) is 7.56. The molecule has 0 bridgehead atoms. The fourth-order valence-electron chi connectivity index (χ4n) is 1.93. The van der Waals surface area contributed by atoms with Gasteiger partial charge in [-0.1, -0.05) is 19.8 Å². The Morgan fingerprint density at radius 3 is 2.68 bits per heavy atom. The van der Waals surface area contributed by atoms with Gasteiger partial charge in [0.15, 0.2) is 0 Å². The Morgan fingerprint density at radius 1 is 1.32 bits per heavy atom. The number of alkyl halides is 1. The van der Waals surface area contributed by atoms with Crippen LogP contribution >= 0.6 is 11.6 Å². The normalized spacial score (nSPS) is 10.7. The average Bonchev–Trinajstić information content (AvgIpc) is 2.86. The van der Waals surface area contributed by atoms with Crippen LogP contribution in [0.2, 0.25) is 0 Å². The Balaban J connectivity index is 2.38. The van der Waals surface area contributed by atoms with E-state index in [9.17, 15) is 4.79 Å². The number of hydrogen-bond donors (Lipinski definition) is 1. The summed E-state index contributed by atoms with van der Waals surface area (Å²) in [5.74, 6) is 0.702. The molecule has 0 aromatic carbocycles. The fourth-order valence-corrected chi connectivity index (χ4v) is 2.12. The third-order valence-electron chi connectivity index (χ3n) is 3.07. The summed E-state index contributed by atoms with van der Waals surface area (Å²) in [5, 5.41) is 7.33. The van der Waals surface area contributed by atoms with Crippen molar-refractivity contribution in [2.75, 3.05) is 12.4 Å². The van der Waals surface area contributed by atoms with Gasteiger partial charge in [-0.3, -0.25) is 9.48 Å². The summed E-state index contributed by atoms with van der Waals surface area (Å²) in [6.45, 7) is 5.48. The molecule has 0 aliphatic carbocycles. The minimum absolute atomic E-state index is 0.0219. The van der Waals surface area contributed by atoms with E-state index in [0.717, 1.165) is 56.8 Å². The van der Waals surface area contributed by atoms with Crippen molar-refractivity contribution in [3.63, 3.8) is 0 Å². The van der Waals surface area contributed by atoms with E-state index in [1.54, 1.807) is 4.68 Å². The largest absolute Gasteiger partial charge is 0.351 e. The van der Waals surface area contributed by atoms with Crippen molar-refractivity contribution < 1.29 is 4.79 Å². The summed E-state index contributed by atoms with van der Waals surface area (Å²) < 4.78 is 1.77. The standard InChI is InChI=1S/C14H24ClN3O/c1-3-12-11-13(18(4-2)17-12)14(19)16-10-8-6-5-7-9-15/h11H,3-10H2,1-2H3,(H,16,19). The fraction of sp³-hybridized carbons (Fsp3) is 0.714. The van der Waals surface area contributed by atoms with Crippen molar-refractivity contribution >= 4 is 17.5 Å². The molecule has 4 nitrogen and oxygen atoms in total. The molecule has 1 heterocycles. The maximum Gasteiger partial charge on any atom is 0.269 e. The zero-order chi connectivity index (χ0) is 14.1. The minimum atomic E-state index is -0.0219. The molecule has 0 aliphatic heterocycles. The lowest BCUT2D eigenvalue weighted by atomic mass is 10.2. The molecule has 19 heavy (non-hydrogen) atoms. The molecule has 1 N–H and O–H groups in total. The van der Waals surface area contributed by atoms with Crippen molar-refractivity contribution in [1.29, 1.82) is 0 Å². The number of carbonyl (C=O) groups is 1. The number of nitrogens with one attached hydrogen (secondary N) is 1. The summed E-state index contributed by atoms with van der Waals surface area (Å²) in [6, 6.07) is 1.88. The lowest BCUT2D eigenvalue weighted by molar-refractivity contribution is 0.0942. The van der Waals surface area contributed by atoms with Crippen LogP contribution in [0.4, 0.5) is 0 Å². The van der Waals surface area contributed by atoms with Gasteiger partial charge in [0.25, 0.3) is 5.91 Å². The number of aromatic nitrogens is 2. The van der Waals surface area contributed by atoms with E-state index in [1.165, 1.54) is 0 Å². The topological polar surface area (TPSA) is 46.9 Å². The Hall–Kier alpha value is -1.03. The van der Waals surface area contributed by atoms with E-state index < -0.39 is 0 Å². The highest BCUT2D eigenvalue weighted by molar-refractivity contribution is 6.17. The van der Waals surface area contributed by atoms with Crippen molar-refractivity contribution in [3.05, 3.63) is 17.5 Å². The summed E-state index contributed by atoms with van der Waals surface area (Å²) in [4.78, 5) is 12.0. The first-order valence-corrected chi connectivity index (χ1v) is 7.67. The van der Waals surface area contributed by atoms with Crippen LogP contribution in [0.1, 0.15) is 55.7 Å². The van der Waals surface area contributed by atoms with Crippen molar-refractivity contribution in [1.82, 2.24) is 15.1 Å². The van der Waals surface area contributed by atoms with Crippen LogP contribution in [0.3, 0.4) is 0 Å². The van der Waals surface area contributed by atoms with Crippen LogP contribution in [0.15, 0.2) is 6.07 Å². The summed E-state index contributed by atoms with van der Waals surface area (Å²) in [7, 11) is 0. The van der Waals surface area contributed by atoms with Gasteiger partial charge in [-0.25, -0.2) is 0 Å². The van der Waals surface area contributed by atoms with Crippen molar-refractivity contribution in [2.45, 2.75) is 52.5 Å². The molecule has 1 aromatic rings. The molecular formula is C14H24ClN3O. The number of hydrogen-bond acceptors (Lipinski definition) is 2. The maximum atomic E-state index is 12.0. The number of aryl methyl sites for hydroxylation is 2. The molecule has 108 valence electrons. The zero-order valence-corrected chi connectivity index (χ0v) is 12.7. The average molecular weight is 286 g/mol. The molecule has 0 spiro atoms. The third-order valence-corrected chi connectivity index (χ3v) is 3.34. The molecule has 0 saturated carbocycles. The Morgan fingerprint density at radius 2 is 2.05 bits per heavy atom. The van der Waals surface area contributed by atoms with Gasteiger partial charge >= 0.3 is 0 Å². The molecule has 1 aromatic heterocycles. The van der Waals surface area contributed by atoms with Gasteiger partial charge in [-0.2, -0.15) is 5.10 Å². The first-order chi connectivity index (χ1) is 9.22.